The molecule has 0 aliphatic carbocycles. The van der Waals surface area contributed by atoms with Crippen molar-refractivity contribution in [3.63, 3.8) is 0 Å². The highest BCUT2D eigenvalue weighted by molar-refractivity contribution is 5.98. The smallest absolute Gasteiger partial charge is 0.232 e. The minimum absolute atomic E-state index is 0. The first kappa shape index (κ1) is 22.3. The Hall–Kier alpha value is -2.37. The monoisotopic (exact) mass is 427 g/mol. The van der Waals surface area contributed by atoms with Crippen LogP contribution < -0.4 is 4.90 Å². The number of carbonyl (C=O) groups excluding carboxylic acids is 2. The van der Waals surface area contributed by atoms with E-state index in [1.165, 1.54) is 11.1 Å². The fourth-order valence-corrected chi connectivity index (χ4v) is 4.42. The minimum Gasteiger partial charge on any atom is -0.345 e. The molecule has 6 heteroatoms. The minimum atomic E-state index is -0.241. The molecule has 1 fully saturated rings. The quantitative estimate of drug-likeness (QED) is 0.710. The number of carbonyl (C=O) groups is 2. The van der Waals surface area contributed by atoms with E-state index in [1.54, 1.807) is 11.9 Å². The van der Waals surface area contributed by atoms with Gasteiger partial charge in [-0.05, 0) is 36.1 Å². The number of fused-ring (bicyclic) bond motifs is 1. The SMILES string of the molecule is CN1CC(C(=O)N(CCCN2CCc3ccccc3C2)c2ccccc2)CC1=O.Cl. The Morgan fingerprint density at radius 3 is 2.47 bits per heavy atom. The van der Waals surface area contributed by atoms with E-state index >= 15 is 0 Å². The first-order valence-corrected chi connectivity index (χ1v) is 10.5. The number of rotatable bonds is 6. The molecule has 2 aromatic rings. The van der Waals surface area contributed by atoms with Crippen molar-refractivity contribution in [3.05, 3.63) is 65.7 Å². The molecule has 30 heavy (non-hydrogen) atoms. The Bertz CT molecular complexity index is 874. The molecule has 2 aliphatic rings. The predicted octanol–water partition coefficient (Wildman–Crippen LogP) is 3.37. The van der Waals surface area contributed by atoms with Gasteiger partial charge in [0.25, 0.3) is 0 Å². The van der Waals surface area contributed by atoms with Crippen LogP contribution in [-0.4, -0.2) is 54.8 Å². The molecule has 2 amide bonds. The maximum absolute atomic E-state index is 13.2. The van der Waals surface area contributed by atoms with Crippen LogP contribution in [0.25, 0.3) is 0 Å². The molecule has 0 aromatic heterocycles. The van der Waals surface area contributed by atoms with Gasteiger partial charge in [-0.2, -0.15) is 0 Å². The lowest BCUT2D eigenvalue weighted by molar-refractivity contribution is -0.127. The second-order valence-corrected chi connectivity index (χ2v) is 8.15. The summed E-state index contributed by atoms with van der Waals surface area (Å²) in [6.07, 6.45) is 2.33. The zero-order valence-corrected chi connectivity index (χ0v) is 18.3. The van der Waals surface area contributed by atoms with Gasteiger partial charge in [-0.25, -0.2) is 0 Å². The van der Waals surface area contributed by atoms with E-state index in [9.17, 15) is 9.59 Å². The third-order valence-corrected chi connectivity index (χ3v) is 6.09. The number of para-hydroxylation sites is 1. The highest BCUT2D eigenvalue weighted by Crippen LogP contribution is 2.24. The fraction of sp³-hybridized carbons (Fsp3) is 0.417. The van der Waals surface area contributed by atoms with Gasteiger partial charge in [0.15, 0.2) is 0 Å². The van der Waals surface area contributed by atoms with Crippen molar-refractivity contribution < 1.29 is 9.59 Å². The Kier molecular flexibility index (Phi) is 7.51. The number of halogens is 1. The first-order chi connectivity index (χ1) is 14.1. The summed E-state index contributed by atoms with van der Waals surface area (Å²) in [7, 11) is 1.77. The Morgan fingerprint density at radius 1 is 1.07 bits per heavy atom. The van der Waals surface area contributed by atoms with Crippen molar-refractivity contribution in [3.8, 4) is 0 Å². The van der Waals surface area contributed by atoms with Crippen LogP contribution in [0.5, 0.6) is 0 Å². The lowest BCUT2D eigenvalue weighted by Gasteiger charge is -2.30. The molecule has 0 radical (unpaired) electrons. The topological polar surface area (TPSA) is 43.9 Å². The van der Waals surface area contributed by atoms with Gasteiger partial charge in [0.05, 0.1) is 5.92 Å². The molecular weight excluding hydrogens is 398 g/mol. The number of anilines is 1. The lowest BCUT2D eigenvalue weighted by atomic mass is 10.00. The van der Waals surface area contributed by atoms with Crippen LogP contribution in [0, 0.1) is 5.92 Å². The van der Waals surface area contributed by atoms with Gasteiger partial charge >= 0.3 is 0 Å². The van der Waals surface area contributed by atoms with Crippen molar-refractivity contribution >= 4 is 29.9 Å². The molecule has 0 N–H and O–H groups in total. The van der Waals surface area contributed by atoms with Crippen LogP contribution in [0.15, 0.2) is 54.6 Å². The van der Waals surface area contributed by atoms with Crippen molar-refractivity contribution in [2.24, 2.45) is 5.92 Å². The van der Waals surface area contributed by atoms with Crippen molar-refractivity contribution in [2.75, 3.05) is 38.1 Å². The van der Waals surface area contributed by atoms with E-state index in [-0.39, 0.29) is 30.1 Å². The summed E-state index contributed by atoms with van der Waals surface area (Å²) < 4.78 is 0. The summed E-state index contributed by atoms with van der Waals surface area (Å²) >= 11 is 0. The predicted molar refractivity (Wildman–Crippen MR) is 122 cm³/mol. The lowest BCUT2D eigenvalue weighted by Crippen LogP contribution is -2.39. The molecule has 5 nitrogen and oxygen atoms in total. The molecule has 1 unspecified atom stereocenters. The van der Waals surface area contributed by atoms with Crippen LogP contribution in [-0.2, 0) is 22.6 Å². The zero-order chi connectivity index (χ0) is 20.2. The maximum Gasteiger partial charge on any atom is 0.232 e. The summed E-state index contributed by atoms with van der Waals surface area (Å²) in [4.78, 5) is 31.2. The van der Waals surface area contributed by atoms with Crippen LogP contribution in [0.4, 0.5) is 5.69 Å². The van der Waals surface area contributed by atoms with Gasteiger partial charge in [0.2, 0.25) is 11.8 Å². The summed E-state index contributed by atoms with van der Waals surface area (Å²) in [6, 6.07) is 18.5. The van der Waals surface area contributed by atoms with Gasteiger partial charge in [-0.1, -0.05) is 42.5 Å². The van der Waals surface area contributed by atoms with Crippen molar-refractivity contribution in [1.82, 2.24) is 9.80 Å². The molecule has 0 spiro atoms. The molecule has 2 aromatic carbocycles. The standard InChI is InChI=1S/C24H29N3O2.ClH/c1-25-17-21(16-23(25)28)24(29)27(22-10-3-2-4-11-22)14-7-13-26-15-12-19-8-5-6-9-20(19)18-26;/h2-6,8-11,21H,7,12-18H2,1H3;1H. The Labute approximate surface area is 185 Å². The van der Waals surface area contributed by atoms with Crippen molar-refractivity contribution in [2.45, 2.75) is 25.8 Å². The number of hydrogen-bond acceptors (Lipinski definition) is 3. The summed E-state index contributed by atoms with van der Waals surface area (Å²) in [5.74, 6) is -0.115. The fourth-order valence-electron chi connectivity index (χ4n) is 4.42. The van der Waals surface area contributed by atoms with E-state index in [0.717, 1.165) is 38.2 Å². The number of hydrogen-bond donors (Lipinski definition) is 0. The average Bonchev–Trinajstić information content (AvgIpc) is 3.10. The van der Waals surface area contributed by atoms with Gasteiger partial charge in [0.1, 0.15) is 0 Å². The van der Waals surface area contributed by atoms with E-state index in [4.69, 9.17) is 0 Å². The zero-order valence-electron chi connectivity index (χ0n) is 17.5. The third kappa shape index (κ3) is 5.02. The Balaban J connectivity index is 0.00000256. The number of nitrogens with zero attached hydrogens (tertiary/aromatic N) is 3. The van der Waals surface area contributed by atoms with E-state index < -0.39 is 0 Å². The van der Waals surface area contributed by atoms with Crippen molar-refractivity contribution in [1.29, 1.82) is 0 Å². The van der Waals surface area contributed by atoms with Gasteiger partial charge in [0, 0.05) is 51.9 Å². The number of amides is 2. The van der Waals surface area contributed by atoms with Crippen LogP contribution in [0.2, 0.25) is 0 Å². The summed E-state index contributed by atoms with van der Waals surface area (Å²) in [5.41, 5.74) is 3.80. The first-order valence-electron chi connectivity index (χ1n) is 10.5. The van der Waals surface area contributed by atoms with Crippen LogP contribution in [0.3, 0.4) is 0 Å². The summed E-state index contributed by atoms with van der Waals surface area (Å²) in [6.45, 7) is 4.21. The van der Waals surface area contributed by atoms with Crippen LogP contribution in [0.1, 0.15) is 24.0 Å². The molecule has 2 aliphatic heterocycles. The second-order valence-electron chi connectivity index (χ2n) is 8.15. The maximum atomic E-state index is 13.2. The number of likely N-dealkylation sites (tertiary alicyclic amines) is 1. The highest BCUT2D eigenvalue weighted by atomic mass is 35.5. The average molecular weight is 428 g/mol. The summed E-state index contributed by atoms with van der Waals surface area (Å²) in [5, 5.41) is 0. The largest absolute Gasteiger partial charge is 0.345 e. The molecular formula is C24H30ClN3O2. The number of benzene rings is 2. The third-order valence-electron chi connectivity index (χ3n) is 6.09. The molecule has 160 valence electrons. The van der Waals surface area contributed by atoms with E-state index in [1.807, 2.05) is 35.2 Å². The molecule has 1 saturated heterocycles. The van der Waals surface area contributed by atoms with E-state index in [2.05, 4.69) is 29.2 Å². The highest BCUT2D eigenvalue weighted by Gasteiger charge is 2.35. The van der Waals surface area contributed by atoms with Crippen LogP contribution >= 0.6 is 12.4 Å². The normalized spacial score (nSPS) is 18.6. The molecule has 1 atom stereocenters. The van der Waals surface area contributed by atoms with Gasteiger partial charge in [-0.15, -0.1) is 12.4 Å². The molecule has 0 bridgehead atoms. The molecule has 4 rings (SSSR count). The molecule has 2 heterocycles. The van der Waals surface area contributed by atoms with Gasteiger partial charge in [-0.3, -0.25) is 14.5 Å². The van der Waals surface area contributed by atoms with Gasteiger partial charge < -0.3 is 9.80 Å². The Morgan fingerprint density at radius 2 is 1.77 bits per heavy atom. The van der Waals surface area contributed by atoms with E-state index in [0.29, 0.717) is 19.5 Å². The molecule has 0 saturated carbocycles. The second kappa shape index (κ2) is 10.1.